The van der Waals surface area contributed by atoms with Crippen molar-refractivity contribution in [1.29, 1.82) is 0 Å². The summed E-state index contributed by atoms with van der Waals surface area (Å²) in [6.45, 7) is 6.48. The Hall–Kier alpha value is -2.29. The van der Waals surface area contributed by atoms with E-state index >= 15 is 0 Å². The van der Waals surface area contributed by atoms with Crippen molar-refractivity contribution in [2.45, 2.75) is 26.8 Å². The predicted octanol–water partition coefficient (Wildman–Crippen LogP) is 4.35. The number of benzene rings is 2. The highest BCUT2D eigenvalue weighted by atomic mass is 15.1. The molecule has 0 radical (unpaired) electrons. The lowest BCUT2D eigenvalue weighted by atomic mass is 10.00. The third kappa shape index (κ3) is 2.39. The molecule has 3 rings (SSSR count). The molecule has 20 heavy (non-hydrogen) atoms. The number of anilines is 1. The Labute approximate surface area is 119 Å². The van der Waals surface area contributed by atoms with Crippen molar-refractivity contribution in [3.8, 4) is 0 Å². The van der Waals surface area contributed by atoms with Gasteiger partial charge >= 0.3 is 0 Å². The summed E-state index contributed by atoms with van der Waals surface area (Å²) in [6, 6.07) is 13.1. The zero-order valence-corrected chi connectivity index (χ0v) is 12.1. The van der Waals surface area contributed by atoms with Gasteiger partial charge in [0.15, 0.2) is 0 Å². The van der Waals surface area contributed by atoms with Crippen LogP contribution in [0.4, 0.5) is 5.69 Å². The monoisotopic (exact) mass is 265 g/mol. The average molecular weight is 265 g/mol. The van der Waals surface area contributed by atoms with Crippen LogP contribution in [0, 0.1) is 13.8 Å². The summed E-state index contributed by atoms with van der Waals surface area (Å²) in [5.74, 6) is 0. The summed E-state index contributed by atoms with van der Waals surface area (Å²) in [5.41, 5.74) is 6.15. The number of hydrogen-bond donors (Lipinski definition) is 2. The van der Waals surface area contributed by atoms with Gasteiger partial charge in [-0.3, -0.25) is 5.10 Å². The molecular weight excluding hydrogens is 246 g/mol. The molecule has 0 bridgehead atoms. The van der Waals surface area contributed by atoms with E-state index in [1.165, 1.54) is 16.7 Å². The summed E-state index contributed by atoms with van der Waals surface area (Å²) >= 11 is 0. The highest BCUT2D eigenvalue weighted by Gasteiger charge is 2.08. The Balaban J connectivity index is 1.85. The van der Waals surface area contributed by atoms with E-state index in [2.05, 4.69) is 72.7 Å². The van der Waals surface area contributed by atoms with Gasteiger partial charge in [-0.2, -0.15) is 5.10 Å². The van der Waals surface area contributed by atoms with Crippen molar-refractivity contribution in [2.24, 2.45) is 0 Å². The Morgan fingerprint density at radius 2 is 1.95 bits per heavy atom. The van der Waals surface area contributed by atoms with E-state index in [0.717, 1.165) is 16.6 Å². The van der Waals surface area contributed by atoms with Crippen LogP contribution < -0.4 is 5.32 Å². The highest BCUT2D eigenvalue weighted by molar-refractivity contribution is 5.81. The number of aryl methyl sites for hydroxylation is 2. The van der Waals surface area contributed by atoms with E-state index in [9.17, 15) is 0 Å². The van der Waals surface area contributed by atoms with E-state index < -0.39 is 0 Å². The molecule has 1 aromatic heterocycles. The number of aromatic amines is 1. The number of fused-ring (bicyclic) bond motifs is 1. The van der Waals surface area contributed by atoms with Gasteiger partial charge in [-0.25, -0.2) is 0 Å². The quantitative estimate of drug-likeness (QED) is 0.739. The second kappa shape index (κ2) is 5.00. The van der Waals surface area contributed by atoms with E-state index in [-0.39, 0.29) is 6.04 Å². The second-order valence-electron chi connectivity index (χ2n) is 5.40. The van der Waals surface area contributed by atoms with Gasteiger partial charge in [0, 0.05) is 17.1 Å². The fourth-order valence-electron chi connectivity index (χ4n) is 2.67. The molecule has 1 unspecified atom stereocenters. The summed E-state index contributed by atoms with van der Waals surface area (Å²) < 4.78 is 0. The normalized spacial score (nSPS) is 12.6. The van der Waals surface area contributed by atoms with Crippen molar-refractivity contribution in [3.63, 3.8) is 0 Å². The molecule has 0 aliphatic heterocycles. The van der Waals surface area contributed by atoms with Gasteiger partial charge in [0.2, 0.25) is 0 Å². The lowest BCUT2D eigenvalue weighted by Crippen LogP contribution is -2.08. The van der Waals surface area contributed by atoms with Crippen LogP contribution in [0.1, 0.15) is 29.7 Å². The molecule has 0 saturated carbocycles. The van der Waals surface area contributed by atoms with Crippen molar-refractivity contribution < 1.29 is 0 Å². The zero-order valence-electron chi connectivity index (χ0n) is 12.1. The summed E-state index contributed by atoms with van der Waals surface area (Å²) in [7, 11) is 0. The van der Waals surface area contributed by atoms with Crippen molar-refractivity contribution in [1.82, 2.24) is 10.2 Å². The molecule has 0 spiro atoms. The van der Waals surface area contributed by atoms with E-state index in [0.29, 0.717) is 0 Å². The molecule has 102 valence electrons. The Bertz CT molecular complexity index is 743. The fourth-order valence-corrected chi connectivity index (χ4v) is 2.67. The maximum absolute atomic E-state index is 4.05. The second-order valence-corrected chi connectivity index (χ2v) is 5.40. The molecule has 0 fully saturated rings. The van der Waals surface area contributed by atoms with Gasteiger partial charge in [0.05, 0.1) is 11.7 Å². The standard InChI is InChI=1S/C17H19N3/c1-11-4-6-16(12(2)8-11)13(3)19-15-5-7-17-14(9-15)10-18-20-17/h4-10,13,19H,1-3H3,(H,18,20). The molecule has 1 heterocycles. The molecular formula is C17H19N3. The number of rotatable bonds is 3. The number of nitrogens with one attached hydrogen (secondary N) is 2. The van der Waals surface area contributed by atoms with Gasteiger partial charge in [-0.1, -0.05) is 23.8 Å². The molecule has 0 saturated heterocycles. The molecule has 3 heteroatoms. The maximum atomic E-state index is 4.05. The minimum absolute atomic E-state index is 0.278. The number of nitrogens with zero attached hydrogens (tertiary/aromatic N) is 1. The van der Waals surface area contributed by atoms with Crippen LogP contribution in [0.2, 0.25) is 0 Å². The van der Waals surface area contributed by atoms with E-state index in [1.54, 1.807) is 0 Å². The van der Waals surface area contributed by atoms with Gasteiger partial charge in [-0.05, 0) is 50.1 Å². The lowest BCUT2D eigenvalue weighted by molar-refractivity contribution is 0.873. The maximum Gasteiger partial charge on any atom is 0.0651 e. The van der Waals surface area contributed by atoms with Gasteiger partial charge in [-0.15, -0.1) is 0 Å². The van der Waals surface area contributed by atoms with Crippen LogP contribution in [-0.4, -0.2) is 10.2 Å². The molecule has 0 aliphatic rings. The van der Waals surface area contributed by atoms with E-state index in [1.807, 2.05) is 6.20 Å². The summed E-state index contributed by atoms with van der Waals surface area (Å²) in [4.78, 5) is 0. The third-order valence-electron chi connectivity index (χ3n) is 3.72. The minimum Gasteiger partial charge on any atom is -0.378 e. The predicted molar refractivity (Wildman–Crippen MR) is 84.0 cm³/mol. The SMILES string of the molecule is Cc1ccc(C(C)Nc2ccc3[nH]ncc3c2)c(C)c1. The first-order chi connectivity index (χ1) is 9.63. The van der Waals surface area contributed by atoms with Crippen molar-refractivity contribution in [3.05, 3.63) is 59.3 Å². The van der Waals surface area contributed by atoms with Crippen LogP contribution in [-0.2, 0) is 0 Å². The molecule has 2 aromatic carbocycles. The fraction of sp³-hybridized carbons (Fsp3) is 0.235. The summed E-state index contributed by atoms with van der Waals surface area (Å²) in [5, 5.41) is 11.7. The minimum atomic E-state index is 0.278. The van der Waals surface area contributed by atoms with Gasteiger partial charge in [0.1, 0.15) is 0 Å². The molecule has 2 N–H and O–H groups in total. The first-order valence-corrected chi connectivity index (χ1v) is 6.90. The van der Waals surface area contributed by atoms with E-state index in [4.69, 9.17) is 0 Å². The van der Waals surface area contributed by atoms with Gasteiger partial charge in [0.25, 0.3) is 0 Å². The Kier molecular flexibility index (Phi) is 3.18. The van der Waals surface area contributed by atoms with Crippen LogP contribution in [0.5, 0.6) is 0 Å². The number of aromatic nitrogens is 2. The van der Waals surface area contributed by atoms with Crippen LogP contribution in [0.25, 0.3) is 10.9 Å². The van der Waals surface area contributed by atoms with Crippen molar-refractivity contribution >= 4 is 16.6 Å². The highest BCUT2D eigenvalue weighted by Crippen LogP contribution is 2.24. The molecule has 3 nitrogen and oxygen atoms in total. The lowest BCUT2D eigenvalue weighted by Gasteiger charge is -2.18. The summed E-state index contributed by atoms with van der Waals surface area (Å²) in [6.07, 6.45) is 1.85. The van der Waals surface area contributed by atoms with Crippen LogP contribution in [0.3, 0.4) is 0 Å². The molecule has 0 aliphatic carbocycles. The number of hydrogen-bond acceptors (Lipinski definition) is 2. The largest absolute Gasteiger partial charge is 0.378 e. The van der Waals surface area contributed by atoms with Crippen molar-refractivity contribution in [2.75, 3.05) is 5.32 Å². The van der Waals surface area contributed by atoms with Gasteiger partial charge < -0.3 is 5.32 Å². The third-order valence-corrected chi connectivity index (χ3v) is 3.72. The Morgan fingerprint density at radius 3 is 2.75 bits per heavy atom. The molecule has 3 aromatic rings. The Morgan fingerprint density at radius 1 is 1.10 bits per heavy atom. The topological polar surface area (TPSA) is 40.7 Å². The average Bonchev–Trinajstić information content (AvgIpc) is 2.85. The first-order valence-electron chi connectivity index (χ1n) is 6.90. The first kappa shape index (κ1) is 12.7. The number of H-pyrrole nitrogens is 1. The zero-order chi connectivity index (χ0) is 14.1. The molecule has 1 atom stereocenters. The van der Waals surface area contributed by atoms with Crippen LogP contribution in [0.15, 0.2) is 42.6 Å². The molecule has 0 amide bonds. The van der Waals surface area contributed by atoms with Crippen LogP contribution >= 0.6 is 0 Å². The smallest absolute Gasteiger partial charge is 0.0651 e.